The second-order valence-corrected chi connectivity index (χ2v) is 6.62. The molecule has 0 saturated heterocycles. The molecule has 1 aliphatic heterocycles. The SMILES string of the molecule is CC[C@H](Oc1cc(C)cc(C)c1)C(=O)N1CCc2ccccc2C1. The number of amides is 1. The van der Waals surface area contributed by atoms with Crippen molar-refractivity contribution >= 4 is 5.91 Å². The normalized spacial score (nSPS) is 14.9. The van der Waals surface area contributed by atoms with Crippen molar-refractivity contribution in [3.8, 4) is 5.75 Å². The smallest absolute Gasteiger partial charge is 0.263 e. The largest absolute Gasteiger partial charge is 0.481 e. The Hall–Kier alpha value is -2.29. The first-order valence-electron chi connectivity index (χ1n) is 8.67. The molecule has 0 aliphatic carbocycles. The maximum atomic E-state index is 12.9. The average molecular weight is 323 g/mol. The van der Waals surface area contributed by atoms with Gasteiger partial charge in [-0.3, -0.25) is 4.79 Å². The molecule has 126 valence electrons. The molecule has 2 aromatic rings. The predicted molar refractivity (Wildman–Crippen MR) is 96.2 cm³/mol. The van der Waals surface area contributed by atoms with Crippen LogP contribution in [-0.2, 0) is 17.8 Å². The Bertz CT molecular complexity index is 718. The van der Waals surface area contributed by atoms with E-state index in [-0.39, 0.29) is 5.91 Å². The Balaban J connectivity index is 1.73. The van der Waals surface area contributed by atoms with Gasteiger partial charge in [-0.2, -0.15) is 0 Å². The lowest BCUT2D eigenvalue weighted by Crippen LogP contribution is -2.44. The molecular weight excluding hydrogens is 298 g/mol. The Labute approximate surface area is 144 Å². The molecule has 3 rings (SSSR count). The number of nitrogens with zero attached hydrogens (tertiary/aromatic N) is 1. The first-order valence-corrected chi connectivity index (χ1v) is 8.67. The lowest BCUT2D eigenvalue weighted by atomic mass is 9.99. The van der Waals surface area contributed by atoms with Crippen LogP contribution in [0.4, 0.5) is 0 Å². The second-order valence-electron chi connectivity index (χ2n) is 6.62. The molecule has 0 fully saturated rings. The fourth-order valence-corrected chi connectivity index (χ4v) is 3.36. The molecule has 0 saturated carbocycles. The van der Waals surface area contributed by atoms with Gasteiger partial charge in [0.25, 0.3) is 5.91 Å². The number of carbonyl (C=O) groups excluding carboxylic acids is 1. The van der Waals surface area contributed by atoms with Gasteiger partial charge in [-0.1, -0.05) is 37.3 Å². The standard InChI is InChI=1S/C21H25NO2/c1-4-20(24-19-12-15(2)11-16(3)13-19)21(23)22-10-9-17-7-5-6-8-18(17)14-22/h5-8,11-13,20H,4,9-10,14H2,1-3H3/t20-/m0/s1. The van der Waals surface area contributed by atoms with Gasteiger partial charge in [0.2, 0.25) is 0 Å². The summed E-state index contributed by atoms with van der Waals surface area (Å²) in [4.78, 5) is 14.8. The van der Waals surface area contributed by atoms with Crippen LogP contribution >= 0.6 is 0 Å². The van der Waals surface area contributed by atoms with E-state index in [0.717, 1.165) is 29.8 Å². The molecule has 1 heterocycles. The van der Waals surface area contributed by atoms with Crippen LogP contribution < -0.4 is 4.74 Å². The molecule has 0 unspecified atom stereocenters. The van der Waals surface area contributed by atoms with E-state index in [2.05, 4.69) is 24.3 Å². The van der Waals surface area contributed by atoms with Crippen LogP contribution in [0.3, 0.4) is 0 Å². The summed E-state index contributed by atoms with van der Waals surface area (Å²) in [5, 5.41) is 0. The highest BCUT2D eigenvalue weighted by atomic mass is 16.5. The van der Waals surface area contributed by atoms with Crippen LogP contribution in [-0.4, -0.2) is 23.5 Å². The highest BCUT2D eigenvalue weighted by molar-refractivity contribution is 5.81. The number of ether oxygens (including phenoxy) is 1. The Morgan fingerprint density at radius 3 is 2.46 bits per heavy atom. The van der Waals surface area contributed by atoms with E-state index in [1.165, 1.54) is 11.1 Å². The minimum atomic E-state index is -0.420. The van der Waals surface area contributed by atoms with E-state index in [4.69, 9.17) is 4.74 Å². The molecule has 1 amide bonds. The number of rotatable bonds is 4. The van der Waals surface area contributed by atoms with Gasteiger partial charge >= 0.3 is 0 Å². The Morgan fingerprint density at radius 2 is 1.79 bits per heavy atom. The summed E-state index contributed by atoms with van der Waals surface area (Å²) in [6.45, 7) is 7.54. The van der Waals surface area contributed by atoms with Crippen molar-refractivity contribution < 1.29 is 9.53 Å². The summed E-state index contributed by atoms with van der Waals surface area (Å²) in [6.07, 6.45) is 1.17. The van der Waals surface area contributed by atoms with Crippen LogP contribution in [0.25, 0.3) is 0 Å². The fraction of sp³-hybridized carbons (Fsp3) is 0.381. The van der Waals surface area contributed by atoms with Crippen molar-refractivity contribution in [3.05, 3.63) is 64.7 Å². The highest BCUT2D eigenvalue weighted by Gasteiger charge is 2.27. The summed E-state index contributed by atoms with van der Waals surface area (Å²) in [7, 11) is 0. The fourth-order valence-electron chi connectivity index (χ4n) is 3.36. The van der Waals surface area contributed by atoms with E-state index in [1.807, 2.05) is 43.9 Å². The second kappa shape index (κ2) is 7.08. The minimum absolute atomic E-state index is 0.0890. The van der Waals surface area contributed by atoms with Crippen LogP contribution in [0.1, 0.15) is 35.6 Å². The zero-order valence-corrected chi connectivity index (χ0v) is 14.7. The van der Waals surface area contributed by atoms with Crippen LogP contribution in [0.15, 0.2) is 42.5 Å². The minimum Gasteiger partial charge on any atom is -0.481 e. The molecule has 0 bridgehead atoms. The third kappa shape index (κ3) is 3.61. The van der Waals surface area contributed by atoms with Crippen LogP contribution in [0, 0.1) is 13.8 Å². The summed E-state index contributed by atoms with van der Waals surface area (Å²) in [6, 6.07) is 14.5. The Morgan fingerprint density at radius 1 is 1.12 bits per heavy atom. The maximum absolute atomic E-state index is 12.9. The van der Waals surface area contributed by atoms with Crippen molar-refractivity contribution in [1.29, 1.82) is 0 Å². The number of hydrogen-bond donors (Lipinski definition) is 0. The van der Waals surface area contributed by atoms with Gasteiger partial charge in [0.05, 0.1) is 0 Å². The molecule has 3 nitrogen and oxygen atoms in total. The van der Waals surface area contributed by atoms with Crippen molar-refractivity contribution in [3.63, 3.8) is 0 Å². The Kier molecular flexibility index (Phi) is 4.89. The number of fused-ring (bicyclic) bond motifs is 1. The van der Waals surface area contributed by atoms with Crippen molar-refractivity contribution in [1.82, 2.24) is 4.90 Å². The van der Waals surface area contributed by atoms with Gasteiger partial charge in [0.15, 0.2) is 6.10 Å². The van der Waals surface area contributed by atoms with Crippen molar-refractivity contribution in [2.45, 2.75) is 46.3 Å². The summed E-state index contributed by atoms with van der Waals surface area (Å²) >= 11 is 0. The molecule has 0 radical (unpaired) electrons. The van der Waals surface area contributed by atoms with Gasteiger partial charge in [-0.15, -0.1) is 0 Å². The number of carbonyl (C=O) groups is 1. The van der Waals surface area contributed by atoms with Crippen LogP contribution in [0.2, 0.25) is 0 Å². The molecule has 0 N–H and O–H groups in total. The van der Waals surface area contributed by atoms with Gasteiger partial charge in [0, 0.05) is 13.1 Å². The van der Waals surface area contributed by atoms with E-state index in [0.29, 0.717) is 13.0 Å². The third-order valence-electron chi connectivity index (χ3n) is 4.56. The average Bonchev–Trinajstić information content (AvgIpc) is 2.58. The monoisotopic (exact) mass is 323 g/mol. The molecule has 1 atom stereocenters. The van der Waals surface area contributed by atoms with E-state index in [9.17, 15) is 4.79 Å². The van der Waals surface area contributed by atoms with E-state index >= 15 is 0 Å². The summed E-state index contributed by atoms with van der Waals surface area (Å²) in [5.41, 5.74) is 4.90. The van der Waals surface area contributed by atoms with Crippen molar-refractivity contribution in [2.75, 3.05) is 6.54 Å². The van der Waals surface area contributed by atoms with Gasteiger partial charge in [-0.05, 0) is 61.1 Å². The lowest BCUT2D eigenvalue weighted by Gasteiger charge is -2.31. The molecular formula is C21H25NO2. The quantitative estimate of drug-likeness (QED) is 0.849. The van der Waals surface area contributed by atoms with Crippen LogP contribution in [0.5, 0.6) is 5.75 Å². The van der Waals surface area contributed by atoms with Gasteiger partial charge < -0.3 is 9.64 Å². The number of hydrogen-bond acceptors (Lipinski definition) is 2. The summed E-state index contributed by atoms with van der Waals surface area (Å²) in [5.74, 6) is 0.872. The van der Waals surface area contributed by atoms with Gasteiger partial charge in [0.1, 0.15) is 5.75 Å². The van der Waals surface area contributed by atoms with E-state index < -0.39 is 6.10 Å². The van der Waals surface area contributed by atoms with Crippen molar-refractivity contribution in [2.24, 2.45) is 0 Å². The first-order chi connectivity index (χ1) is 11.6. The molecule has 0 aromatic heterocycles. The number of aryl methyl sites for hydroxylation is 2. The predicted octanol–water partition coefficient (Wildman–Crippen LogP) is 4.05. The molecule has 3 heteroatoms. The summed E-state index contributed by atoms with van der Waals surface area (Å²) < 4.78 is 6.04. The molecule has 1 aliphatic rings. The molecule has 0 spiro atoms. The zero-order valence-electron chi connectivity index (χ0n) is 14.7. The van der Waals surface area contributed by atoms with Gasteiger partial charge in [-0.25, -0.2) is 0 Å². The van der Waals surface area contributed by atoms with E-state index in [1.54, 1.807) is 0 Å². The zero-order chi connectivity index (χ0) is 17.1. The number of benzene rings is 2. The third-order valence-corrected chi connectivity index (χ3v) is 4.56. The molecule has 24 heavy (non-hydrogen) atoms. The maximum Gasteiger partial charge on any atom is 0.263 e. The highest BCUT2D eigenvalue weighted by Crippen LogP contribution is 2.22. The first kappa shape index (κ1) is 16.6. The molecule has 2 aromatic carbocycles. The lowest BCUT2D eigenvalue weighted by molar-refractivity contribution is -0.139. The topological polar surface area (TPSA) is 29.5 Å².